The molecule has 1 aliphatic rings. The number of fused-ring (bicyclic) bond motifs is 1. The molecular formula is C27H38N2O5. The third-order valence-electron chi connectivity index (χ3n) is 5.33. The summed E-state index contributed by atoms with van der Waals surface area (Å²) in [5.41, 5.74) is 3.11. The van der Waals surface area contributed by atoms with Gasteiger partial charge < -0.3 is 35.1 Å². The van der Waals surface area contributed by atoms with Crippen LogP contribution in [0, 0.1) is 0 Å². The lowest BCUT2D eigenvalue weighted by molar-refractivity contribution is 0.104. The Bertz CT molecular complexity index is 927. The highest BCUT2D eigenvalue weighted by molar-refractivity contribution is 5.85. The second-order valence-electron chi connectivity index (χ2n) is 9.24. The maximum Gasteiger partial charge on any atom is 0.130 e. The maximum absolute atomic E-state index is 10.0. The van der Waals surface area contributed by atoms with Gasteiger partial charge in [0.15, 0.2) is 0 Å². The smallest absolute Gasteiger partial charge is 0.130 e. The summed E-state index contributed by atoms with van der Waals surface area (Å²) in [6.45, 7) is 10.1. The molecular weight excluding hydrogens is 432 g/mol. The summed E-state index contributed by atoms with van der Waals surface area (Å²) >= 11 is 0. The third kappa shape index (κ3) is 8.33. The van der Waals surface area contributed by atoms with Gasteiger partial charge in [0.2, 0.25) is 0 Å². The second kappa shape index (κ2) is 12.8. The molecule has 2 atom stereocenters. The Hall–Kier alpha value is -2.58. The minimum Gasteiger partial charge on any atom is -0.491 e. The van der Waals surface area contributed by atoms with Crippen molar-refractivity contribution in [2.45, 2.75) is 52.0 Å². The Morgan fingerprint density at radius 3 is 1.97 bits per heavy atom. The van der Waals surface area contributed by atoms with E-state index in [1.807, 2.05) is 70.2 Å². The predicted molar refractivity (Wildman–Crippen MR) is 136 cm³/mol. The average molecular weight is 471 g/mol. The van der Waals surface area contributed by atoms with Crippen molar-refractivity contribution in [3.8, 4) is 17.2 Å². The number of benzene rings is 2. The van der Waals surface area contributed by atoms with E-state index < -0.39 is 12.2 Å². The minimum atomic E-state index is -0.572. The zero-order valence-electron chi connectivity index (χ0n) is 20.6. The van der Waals surface area contributed by atoms with Gasteiger partial charge in [-0.15, -0.1) is 0 Å². The summed E-state index contributed by atoms with van der Waals surface area (Å²) in [5.74, 6) is 2.16. The van der Waals surface area contributed by atoms with E-state index in [1.165, 1.54) is 0 Å². The van der Waals surface area contributed by atoms with Gasteiger partial charge in [-0.25, -0.2) is 0 Å². The second-order valence-corrected chi connectivity index (χ2v) is 9.24. The fraction of sp³-hybridized carbons (Fsp3) is 0.481. The molecule has 3 rings (SSSR count). The number of hydrogen-bond donors (Lipinski definition) is 4. The number of ether oxygens (including phenoxy) is 3. The van der Waals surface area contributed by atoms with Crippen LogP contribution >= 0.6 is 0 Å². The molecule has 0 aromatic heterocycles. The lowest BCUT2D eigenvalue weighted by atomic mass is 10.0. The van der Waals surface area contributed by atoms with Crippen LogP contribution in [0.25, 0.3) is 11.6 Å². The Labute approximate surface area is 202 Å². The molecule has 0 saturated carbocycles. The Kier molecular flexibility index (Phi) is 9.77. The van der Waals surface area contributed by atoms with E-state index in [9.17, 15) is 10.2 Å². The van der Waals surface area contributed by atoms with Gasteiger partial charge >= 0.3 is 0 Å². The highest BCUT2D eigenvalue weighted by Crippen LogP contribution is 2.33. The molecule has 1 aliphatic heterocycles. The fourth-order valence-electron chi connectivity index (χ4n) is 3.41. The lowest BCUT2D eigenvalue weighted by Gasteiger charge is -2.20. The number of aliphatic hydroxyl groups excluding tert-OH is 2. The minimum absolute atomic E-state index is 0.222. The van der Waals surface area contributed by atoms with Crippen LogP contribution in [0.3, 0.4) is 0 Å². The molecule has 0 amide bonds. The van der Waals surface area contributed by atoms with Crippen LogP contribution in [0.4, 0.5) is 0 Å². The van der Waals surface area contributed by atoms with Crippen LogP contribution in [0.1, 0.15) is 38.8 Å². The van der Waals surface area contributed by atoms with Crippen molar-refractivity contribution >= 4 is 11.6 Å². The van der Waals surface area contributed by atoms with Crippen molar-refractivity contribution in [2.24, 2.45) is 0 Å². The van der Waals surface area contributed by atoms with Crippen molar-refractivity contribution in [2.75, 3.05) is 32.9 Å². The van der Waals surface area contributed by atoms with Gasteiger partial charge in [-0.05, 0) is 41.5 Å². The van der Waals surface area contributed by atoms with E-state index in [0.29, 0.717) is 37.5 Å². The van der Waals surface area contributed by atoms with Gasteiger partial charge in [-0.2, -0.15) is 0 Å². The van der Waals surface area contributed by atoms with Crippen LogP contribution in [0.5, 0.6) is 17.2 Å². The van der Waals surface area contributed by atoms with Crippen LogP contribution < -0.4 is 24.8 Å². The molecule has 0 bridgehead atoms. The molecule has 0 radical (unpaired) electrons. The molecule has 2 aromatic carbocycles. The zero-order chi connectivity index (χ0) is 24.5. The molecule has 186 valence electrons. The molecule has 2 unspecified atom stereocenters. The van der Waals surface area contributed by atoms with Gasteiger partial charge in [0.25, 0.3) is 0 Å². The van der Waals surface area contributed by atoms with Gasteiger partial charge in [-0.3, -0.25) is 0 Å². The van der Waals surface area contributed by atoms with Crippen LogP contribution in [-0.4, -0.2) is 67.4 Å². The molecule has 1 heterocycles. The number of rotatable bonds is 13. The van der Waals surface area contributed by atoms with Crippen LogP contribution in [0.2, 0.25) is 0 Å². The highest BCUT2D eigenvalue weighted by Gasteiger charge is 2.15. The zero-order valence-corrected chi connectivity index (χ0v) is 20.6. The van der Waals surface area contributed by atoms with Gasteiger partial charge in [0, 0.05) is 36.8 Å². The van der Waals surface area contributed by atoms with E-state index in [0.717, 1.165) is 28.2 Å². The summed E-state index contributed by atoms with van der Waals surface area (Å²) in [7, 11) is 0. The topological polar surface area (TPSA) is 92.2 Å². The summed E-state index contributed by atoms with van der Waals surface area (Å²) in [6.07, 6.45) is 0.987. The van der Waals surface area contributed by atoms with Gasteiger partial charge in [0.1, 0.15) is 49.3 Å². The van der Waals surface area contributed by atoms with E-state index in [2.05, 4.69) is 16.7 Å². The summed E-state index contributed by atoms with van der Waals surface area (Å²) in [6, 6.07) is 14.2. The van der Waals surface area contributed by atoms with Crippen molar-refractivity contribution < 1.29 is 24.4 Å². The first-order valence-corrected chi connectivity index (χ1v) is 12.0. The average Bonchev–Trinajstić information content (AvgIpc) is 2.83. The Morgan fingerprint density at radius 2 is 1.38 bits per heavy atom. The van der Waals surface area contributed by atoms with Gasteiger partial charge in [-0.1, -0.05) is 39.8 Å². The number of aliphatic hydroxyl groups is 2. The molecule has 34 heavy (non-hydrogen) atoms. The monoisotopic (exact) mass is 470 g/mol. The summed E-state index contributed by atoms with van der Waals surface area (Å²) in [4.78, 5) is 0. The van der Waals surface area contributed by atoms with Crippen molar-refractivity contribution in [1.29, 1.82) is 0 Å². The Balaban J connectivity index is 1.53. The largest absolute Gasteiger partial charge is 0.491 e. The van der Waals surface area contributed by atoms with Crippen molar-refractivity contribution in [1.82, 2.24) is 10.6 Å². The molecule has 0 aliphatic carbocycles. The molecule has 0 saturated heterocycles. The molecule has 7 nitrogen and oxygen atoms in total. The molecule has 2 aromatic rings. The molecule has 4 N–H and O–H groups in total. The quantitative estimate of drug-likeness (QED) is 0.358. The van der Waals surface area contributed by atoms with Gasteiger partial charge in [0.05, 0.1) is 0 Å². The van der Waals surface area contributed by atoms with E-state index in [4.69, 9.17) is 14.2 Å². The first-order valence-electron chi connectivity index (χ1n) is 12.0. The normalized spacial score (nSPS) is 14.9. The Morgan fingerprint density at radius 1 is 0.824 bits per heavy atom. The van der Waals surface area contributed by atoms with E-state index >= 15 is 0 Å². The number of nitrogens with one attached hydrogen (secondary N) is 2. The summed E-state index contributed by atoms with van der Waals surface area (Å²) in [5, 5.41) is 26.4. The molecule has 0 fully saturated rings. The van der Waals surface area contributed by atoms with Crippen molar-refractivity contribution in [3.05, 3.63) is 53.6 Å². The fourth-order valence-corrected chi connectivity index (χ4v) is 3.41. The first-order chi connectivity index (χ1) is 16.3. The molecule has 7 heteroatoms. The maximum atomic E-state index is 10.0. The molecule has 0 spiro atoms. The third-order valence-corrected chi connectivity index (χ3v) is 5.33. The summed E-state index contributed by atoms with van der Waals surface area (Å²) < 4.78 is 17.4. The lowest BCUT2D eigenvalue weighted by Crippen LogP contribution is -2.35. The highest BCUT2D eigenvalue weighted by atomic mass is 16.5. The SMILES string of the molecule is CC(C)NCC(O)COc1ccc(C2=Cc3ccc(OCC(O)CNC(C)C)cc3OC2)cc1. The standard InChI is InChI=1S/C27H38N2O5/c1-18(2)28-13-23(30)16-32-25-8-5-20(6-9-25)22-11-21-7-10-26(12-27(21)34-15-22)33-17-24(31)14-29-19(3)4/h5-12,18-19,23-24,28-31H,13-17H2,1-4H3. The first kappa shape index (κ1) is 26.0. The van der Waals surface area contributed by atoms with Crippen LogP contribution in [-0.2, 0) is 0 Å². The number of hydrogen-bond acceptors (Lipinski definition) is 7. The van der Waals surface area contributed by atoms with Crippen LogP contribution in [0.15, 0.2) is 42.5 Å². The predicted octanol–water partition coefficient (Wildman–Crippen LogP) is 3.10. The van der Waals surface area contributed by atoms with Crippen molar-refractivity contribution in [3.63, 3.8) is 0 Å². The van der Waals surface area contributed by atoms with E-state index in [-0.39, 0.29) is 13.2 Å². The van der Waals surface area contributed by atoms with E-state index in [1.54, 1.807) is 0 Å².